The summed E-state index contributed by atoms with van der Waals surface area (Å²) in [6.45, 7) is 0.707. The fraction of sp³-hybridized carbons (Fsp3) is 0.208. The molecule has 2 aliphatic heterocycles. The molecule has 2 aromatic heterocycles. The van der Waals surface area contributed by atoms with Crippen molar-refractivity contribution in [2.75, 3.05) is 14.2 Å². The van der Waals surface area contributed by atoms with Crippen molar-refractivity contribution >= 4 is 17.8 Å². The van der Waals surface area contributed by atoms with Crippen LogP contribution in [0.1, 0.15) is 21.5 Å². The van der Waals surface area contributed by atoms with Gasteiger partial charge in [0.2, 0.25) is 0 Å². The monoisotopic (exact) mass is 458 g/mol. The molecule has 34 heavy (non-hydrogen) atoms. The van der Waals surface area contributed by atoms with E-state index in [1.54, 1.807) is 54.3 Å². The molecule has 1 saturated heterocycles. The van der Waals surface area contributed by atoms with Gasteiger partial charge in [-0.05, 0) is 29.8 Å². The van der Waals surface area contributed by atoms with Gasteiger partial charge < -0.3 is 15.0 Å². The molecule has 1 unspecified atom stereocenters. The largest absolute Gasteiger partial charge is 0.497 e. The highest BCUT2D eigenvalue weighted by Crippen LogP contribution is 2.25. The quantitative estimate of drug-likeness (QED) is 0.442. The molecule has 10 heteroatoms. The van der Waals surface area contributed by atoms with Crippen molar-refractivity contribution in [1.82, 2.24) is 30.3 Å². The Bertz CT molecular complexity index is 1340. The molecule has 4 amide bonds. The first-order valence-electron chi connectivity index (χ1n) is 10.3. The number of nitrogens with one attached hydrogen (secondary N) is 2. The predicted octanol–water partition coefficient (Wildman–Crippen LogP) is 1.32. The number of amides is 4. The highest BCUT2D eigenvalue weighted by molar-refractivity contribution is 6.06. The first-order chi connectivity index (χ1) is 16.4. The Labute approximate surface area is 195 Å². The number of ether oxygens (including phenoxy) is 1. The molecular formula is C24H22N6O4. The maximum Gasteiger partial charge on any atom is 0.322 e. The lowest BCUT2D eigenvalue weighted by atomic mass is 10.1. The van der Waals surface area contributed by atoms with Gasteiger partial charge in [0.1, 0.15) is 5.75 Å². The van der Waals surface area contributed by atoms with Crippen molar-refractivity contribution in [3.05, 3.63) is 65.6 Å². The minimum Gasteiger partial charge on any atom is -0.497 e. The lowest BCUT2D eigenvalue weighted by Gasteiger charge is -2.04. The number of rotatable bonds is 2. The number of carbonyl (C=O) groups excluding carboxylic acids is 3. The molecule has 0 aliphatic carbocycles. The fourth-order valence-electron chi connectivity index (χ4n) is 3.50. The maximum atomic E-state index is 11.5. The molecule has 4 heterocycles. The number of urea groups is 1. The Hall–Kier alpha value is -4.65. The van der Waals surface area contributed by atoms with Crippen molar-refractivity contribution in [3.63, 3.8) is 0 Å². The molecule has 10 nitrogen and oxygen atoms in total. The average Bonchev–Trinajstić information content (AvgIpc) is 3.49. The fourth-order valence-corrected chi connectivity index (χ4v) is 3.50. The predicted molar refractivity (Wildman–Crippen MR) is 123 cm³/mol. The first kappa shape index (κ1) is 22.5. The molecule has 1 fully saturated rings. The van der Waals surface area contributed by atoms with Gasteiger partial charge in [-0.3, -0.25) is 24.6 Å². The van der Waals surface area contributed by atoms with E-state index >= 15 is 0 Å². The van der Waals surface area contributed by atoms with Crippen LogP contribution in [0.4, 0.5) is 4.79 Å². The molecule has 172 valence electrons. The zero-order valence-corrected chi connectivity index (χ0v) is 18.8. The molecule has 0 spiro atoms. The van der Waals surface area contributed by atoms with Crippen LogP contribution in [0.3, 0.4) is 0 Å². The Morgan fingerprint density at radius 3 is 2.68 bits per heavy atom. The second-order valence-corrected chi connectivity index (χ2v) is 7.65. The Kier molecular flexibility index (Phi) is 6.27. The van der Waals surface area contributed by atoms with Crippen molar-refractivity contribution in [1.29, 1.82) is 0 Å². The lowest BCUT2D eigenvalue weighted by Crippen LogP contribution is -2.26. The van der Waals surface area contributed by atoms with Crippen molar-refractivity contribution in [2.24, 2.45) is 7.05 Å². The first-order valence-corrected chi connectivity index (χ1v) is 10.3. The number of hydrogen-bond donors (Lipinski definition) is 2. The minimum absolute atomic E-state index is 0.0777. The number of aryl methyl sites for hydroxylation is 1. The minimum atomic E-state index is -0.834. The highest BCUT2D eigenvalue weighted by atomic mass is 16.5. The Balaban J connectivity index is 0.000000180. The SMILES string of the molecule is COc1ccc2c(c1)C(=O)N(C)C2.Cn1cc(-c2ncccc2C#CC2NC(=O)NC2=O)cn1. The summed E-state index contributed by atoms with van der Waals surface area (Å²) in [5, 5.41) is 8.66. The van der Waals surface area contributed by atoms with Crippen LogP contribution >= 0.6 is 0 Å². The van der Waals surface area contributed by atoms with E-state index in [4.69, 9.17) is 4.74 Å². The molecule has 2 N–H and O–H groups in total. The van der Waals surface area contributed by atoms with Crippen LogP contribution < -0.4 is 15.4 Å². The van der Waals surface area contributed by atoms with Gasteiger partial charge in [-0.25, -0.2) is 4.79 Å². The van der Waals surface area contributed by atoms with Crippen LogP contribution in [0.2, 0.25) is 0 Å². The number of imide groups is 1. The van der Waals surface area contributed by atoms with Crippen LogP contribution in [-0.2, 0) is 18.4 Å². The van der Waals surface area contributed by atoms with E-state index in [-0.39, 0.29) is 5.91 Å². The van der Waals surface area contributed by atoms with Gasteiger partial charge in [0.25, 0.3) is 11.8 Å². The van der Waals surface area contributed by atoms with Crippen molar-refractivity contribution < 1.29 is 19.1 Å². The third kappa shape index (κ3) is 4.73. The number of carbonyl (C=O) groups is 3. The summed E-state index contributed by atoms with van der Waals surface area (Å²) < 4.78 is 6.72. The van der Waals surface area contributed by atoms with Crippen LogP contribution in [0.15, 0.2) is 48.9 Å². The standard InChI is InChI=1S/C14H11N5O2.C10H11NO2/c1-19-8-10(7-16-19)12-9(3-2-6-15-12)4-5-11-13(20)18-14(21)17-11;1-11-6-7-3-4-8(13-2)5-9(7)10(11)12/h2-3,6-8,11H,1H3,(H2,17,18,20,21);3-5H,6H2,1-2H3. The van der Waals surface area contributed by atoms with E-state index in [9.17, 15) is 14.4 Å². The van der Waals surface area contributed by atoms with Gasteiger partial charge in [0.05, 0.1) is 24.6 Å². The molecule has 1 aromatic carbocycles. The molecule has 0 radical (unpaired) electrons. The van der Waals surface area contributed by atoms with E-state index in [1.807, 2.05) is 25.4 Å². The molecule has 0 bridgehead atoms. The number of benzene rings is 1. The normalized spacial score (nSPS) is 16.0. The molecule has 2 aliphatic rings. The molecular weight excluding hydrogens is 436 g/mol. The molecule has 3 aromatic rings. The third-order valence-electron chi connectivity index (χ3n) is 5.21. The number of aromatic nitrogens is 3. The Morgan fingerprint density at radius 2 is 2.00 bits per heavy atom. The van der Waals surface area contributed by atoms with Crippen molar-refractivity contribution in [2.45, 2.75) is 12.6 Å². The van der Waals surface area contributed by atoms with Gasteiger partial charge >= 0.3 is 6.03 Å². The second kappa shape index (κ2) is 9.46. The number of pyridine rings is 1. The number of fused-ring (bicyclic) bond motifs is 1. The van der Waals surface area contributed by atoms with E-state index in [0.717, 1.165) is 22.4 Å². The zero-order valence-electron chi connectivity index (χ0n) is 18.8. The molecule has 5 rings (SSSR count). The number of hydrogen-bond acceptors (Lipinski definition) is 6. The second-order valence-electron chi connectivity index (χ2n) is 7.65. The zero-order chi connectivity index (χ0) is 24.2. The summed E-state index contributed by atoms with van der Waals surface area (Å²) in [6, 6.07) is 7.81. The van der Waals surface area contributed by atoms with E-state index in [0.29, 0.717) is 17.8 Å². The summed E-state index contributed by atoms with van der Waals surface area (Å²) in [5.41, 5.74) is 4.03. The van der Waals surface area contributed by atoms with E-state index in [1.165, 1.54) is 0 Å². The van der Waals surface area contributed by atoms with Crippen LogP contribution in [0, 0.1) is 11.8 Å². The smallest absolute Gasteiger partial charge is 0.322 e. The van der Waals surface area contributed by atoms with E-state index < -0.39 is 18.0 Å². The summed E-state index contributed by atoms with van der Waals surface area (Å²) >= 11 is 0. The number of nitrogens with zero attached hydrogens (tertiary/aromatic N) is 4. The van der Waals surface area contributed by atoms with Crippen molar-refractivity contribution in [3.8, 4) is 28.8 Å². The Morgan fingerprint density at radius 1 is 1.18 bits per heavy atom. The third-order valence-corrected chi connectivity index (χ3v) is 5.21. The van der Waals surface area contributed by atoms with Crippen LogP contribution in [0.25, 0.3) is 11.3 Å². The topological polar surface area (TPSA) is 118 Å². The van der Waals surface area contributed by atoms with E-state index in [2.05, 4.69) is 32.6 Å². The van der Waals surface area contributed by atoms with Gasteiger partial charge in [-0.2, -0.15) is 5.10 Å². The van der Waals surface area contributed by atoms with Gasteiger partial charge in [0, 0.05) is 44.2 Å². The van der Waals surface area contributed by atoms with Gasteiger partial charge in [-0.1, -0.05) is 17.9 Å². The maximum absolute atomic E-state index is 11.5. The highest BCUT2D eigenvalue weighted by Gasteiger charge is 2.27. The molecule has 0 saturated carbocycles. The molecule has 1 atom stereocenters. The van der Waals surface area contributed by atoms with Crippen LogP contribution in [0.5, 0.6) is 5.75 Å². The summed E-state index contributed by atoms with van der Waals surface area (Å²) in [7, 11) is 5.22. The average molecular weight is 458 g/mol. The summed E-state index contributed by atoms with van der Waals surface area (Å²) in [5.74, 6) is 5.99. The lowest BCUT2D eigenvalue weighted by molar-refractivity contribution is -0.119. The number of methoxy groups -OCH3 is 1. The summed E-state index contributed by atoms with van der Waals surface area (Å²) in [4.78, 5) is 40.0. The summed E-state index contributed by atoms with van der Waals surface area (Å²) in [6.07, 6.45) is 5.19. The van der Waals surface area contributed by atoms with Gasteiger partial charge in [0.15, 0.2) is 6.04 Å². The van der Waals surface area contributed by atoms with Crippen LogP contribution in [-0.4, -0.2) is 57.7 Å². The van der Waals surface area contributed by atoms with Gasteiger partial charge in [-0.15, -0.1) is 0 Å².